The normalized spacial score (nSPS) is 15.6. The van der Waals surface area contributed by atoms with Gasteiger partial charge < -0.3 is 15.0 Å². The Morgan fingerprint density at radius 1 is 1.35 bits per heavy atom. The summed E-state index contributed by atoms with van der Waals surface area (Å²) in [4.78, 5) is 27.3. The molecule has 5 nitrogen and oxygen atoms in total. The highest BCUT2D eigenvalue weighted by Crippen LogP contribution is 2.20. The lowest BCUT2D eigenvalue weighted by Gasteiger charge is -2.26. The first-order valence-corrected chi connectivity index (χ1v) is 8.56. The minimum Gasteiger partial charge on any atom is -0.378 e. The fourth-order valence-electron chi connectivity index (χ4n) is 2.00. The number of morpholine rings is 1. The molecule has 0 spiro atoms. The molecule has 7 heteroatoms. The maximum atomic E-state index is 12.4. The minimum absolute atomic E-state index is 0.00565. The van der Waals surface area contributed by atoms with Gasteiger partial charge >= 0.3 is 0 Å². The Balaban J connectivity index is 2.02. The first-order valence-electron chi connectivity index (χ1n) is 6.93. The van der Waals surface area contributed by atoms with Crippen molar-refractivity contribution < 1.29 is 9.53 Å². The van der Waals surface area contributed by atoms with E-state index in [1.807, 2.05) is 0 Å². The minimum atomic E-state index is -0.0241. The number of carbonyl (C=O) groups excluding carboxylic acids is 1. The van der Waals surface area contributed by atoms with Crippen molar-refractivity contribution in [3.05, 3.63) is 18.6 Å². The second-order valence-electron chi connectivity index (χ2n) is 4.64. The van der Waals surface area contributed by atoms with E-state index in [0.717, 1.165) is 35.6 Å². The van der Waals surface area contributed by atoms with Crippen LogP contribution in [0.3, 0.4) is 0 Å². The van der Waals surface area contributed by atoms with Crippen molar-refractivity contribution in [2.45, 2.75) is 26.3 Å². The van der Waals surface area contributed by atoms with Crippen molar-refractivity contribution in [3.63, 3.8) is 0 Å². The van der Waals surface area contributed by atoms with Crippen LogP contribution in [0.5, 0.6) is 0 Å². The highest BCUT2D eigenvalue weighted by molar-refractivity contribution is 7.28. The van der Waals surface area contributed by atoms with Gasteiger partial charge in [0.1, 0.15) is 4.88 Å². The SMILES string of the molecule is CCCCNCc1sc(=O)sc1C(=O)N1CCOCC1. The van der Waals surface area contributed by atoms with Crippen LogP contribution in [0.25, 0.3) is 0 Å². The van der Waals surface area contributed by atoms with Crippen molar-refractivity contribution in [2.24, 2.45) is 0 Å². The Bertz CT molecular complexity index is 492. The van der Waals surface area contributed by atoms with Crippen LogP contribution in [0.4, 0.5) is 0 Å². The molecule has 112 valence electrons. The van der Waals surface area contributed by atoms with E-state index >= 15 is 0 Å². The molecule has 1 saturated heterocycles. The van der Waals surface area contributed by atoms with Gasteiger partial charge in [0, 0.05) is 24.5 Å². The summed E-state index contributed by atoms with van der Waals surface area (Å²) < 4.78 is 5.25. The van der Waals surface area contributed by atoms with E-state index in [1.165, 1.54) is 11.3 Å². The zero-order valence-electron chi connectivity index (χ0n) is 11.6. The zero-order valence-corrected chi connectivity index (χ0v) is 13.3. The van der Waals surface area contributed by atoms with Crippen LogP contribution in [-0.4, -0.2) is 43.7 Å². The third kappa shape index (κ3) is 4.12. The molecule has 0 unspecified atom stereocenters. The number of rotatable bonds is 6. The van der Waals surface area contributed by atoms with Crippen LogP contribution in [0, 0.1) is 0 Å². The summed E-state index contributed by atoms with van der Waals surface area (Å²) in [6.07, 6.45) is 2.23. The number of nitrogens with one attached hydrogen (secondary N) is 1. The predicted molar refractivity (Wildman–Crippen MR) is 81.8 cm³/mol. The molecule has 1 aliphatic rings. The van der Waals surface area contributed by atoms with Crippen molar-refractivity contribution in [2.75, 3.05) is 32.8 Å². The van der Waals surface area contributed by atoms with Crippen molar-refractivity contribution in [1.82, 2.24) is 10.2 Å². The van der Waals surface area contributed by atoms with E-state index in [2.05, 4.69) is 12.2 Å². The summed E-state index contributed by atoms with van der Waals surface area (Å²) in [7, 11) is 0. The second kappa shape index (κ2) is 7.87. The van der Waals surface area contributed by atoms with Gasteiger partial charge in [0.05, 0.1) is 13.2 Å². The fourth-order valence-corrected chi connectivity index (χ4v) is 4.09. The molecule has 0 atom stereocenters. The molecule has 0 saturated carbocycles. The van der Waals surface area contributed by atoms with E-state index in [-0.39, 0.29) is 9.96 Å². The Hall–Kier alpha value is -0.760. The Kier molecular flexibility index (Phi) is 6.15. The Labute approximate surface area is 126 Å². The molecule has 0 aromatic carbocycles. The number of nitrogens with zero attached hydrogens (tertiary/aromatic N) is 1. The number of ether oxygens (including phenoxy) is 1. The van der Waals surface area contributed by atoms with Gasteiger partial charge in [0.25, 0.3) is 9.96 Å². The molecule has 1 amide bonds. The molecular formula is C13H20N2O3S2. The van der Waals surface area contributed by atoms with Gasteiger partial charge in [-0.15, -0.1) is 0 Å². The van der Waals surface area contributed by atoms with Crippen LogP contribution < -0.4 is 9.37 Å². The van der Waals surface area contributed by atoms with Crippen LogP contribution >= 0.6 is 22.7 Å². The van der Waals surface area contributed by atoms with E-state index in [4.69, 9.17) is 4.74 Å². The molecule has 1 aliphatic heterocycles. The highest BCUT2D eigenvalue weighted by atomic mass is 32.2. The molecule has 0 aliphatic carbocycles. The Morgan fingerprint density at radius 3 is 2.80 bits per heavy atom. The molecule has 2 heterocycles. The van der Waals surface area contributed by atoms with E-state index in [1.54, 1.807) is 4.90 Å². The van der Waals surface area contributed by atoms with Gasteiger partial charge in [-0.3, -0.25) is 9.59 Å². The molecule has 0 radical (unpaired) electrons. The number of amides is 1. The van der Waals surface area contributed by atoms with Crippen LogP contribution in [0.2, 0.25) is 0 Å². The first kappa shape index (κ1) is 15.6. The van der Waals surface area contributed by atoms with Gasteiger partial charge in [0.15, 0.2) is 0 Å². The third-order valence-electron chi connectivity index (χ3n) is 3.13. The quantitative estimate of drug-likeness (QED) is 0.809. The van der Waals surface area contributed by atoms with E-state index in [9.17, 15) is 9.59 Å². The van der Waals surface area contributed by atoms with E-state index in [0.29, 0.717) is 37.7 Å². The van der Waals surface area contributed by atoms with Crippen LogP contribution in [0.1, 0.15) is 34.3 Å². The molecule has 0 bridgehead atoms. The van der Waals surface area contributed by atoms with Crippen molar-refractivity contribution in [3.8, 4) is 0 Å². The molecular weight excluding hydrogens is 296 g/mol. The second-order valence-corrected chi connectivity index (χ2v) is 6.95. The number of unbranched alkanes of at least 4 members (excludes halogenated alkanes) is 1. The lowest BCUT2D eigenvalue weighted by molar-refractivity contribution is 0.0305. The largest absolute Gasteiger partial charge is 0.378 e. The van der Waals surface area contributed by atoms with Gasteiger partial charge in [-0.25, -0.2) is 0 Å². The van der Waals surface area contributed by atoms with E-state index < -0.39 is 0 Å². The van der Waals surface area contributed by atoms with Crippen molar-refractivity contribution in [1.29, 1.82) is 0 Å². The number of carbonyl (C=O) groups is 1. The molecule has 1 N–H and O–H groups in total. The first-order chi connectivity index (χ1) is 9.72. The van der Waals surface area contributed by atoms with Gasteiger partial charge in [0.2, 0.25) is 0 Å². The summed E-state index contributed by atoms with van der Waals surface area (Å²) >= 11 is 2.26. The van der Waals surface area contributed by atoms with Crippen molar-refractivity contribution >= 4 is 28.6 Å². The summed E-state index contributed by atoms with van der Waals surface area (Å²) in [5, 5.41) is 3.30. The number of hydrogen-bond acceptors (Lipinski definition) is 6. The molecule has 1 aromatic heterocycles. The summed E-state index contributed by atoms with van der Waals surface area (Å²) in [5.41, 5.74) is 0. The lowest BCUT2D eigenvalue weighted by atomic mass is 10.3. The summed E-state index contributed by atoms with van der Waals surface area (Å²) in [6, 6.07) is 0. The molecule has 2 rings (SSSR count). The lowest BCUT2D eigenvalue weighted by Crippen LogP contribution is -2.40. The maximum Gasteiger partial charge on any atom is 0.288 e. The highest BCUT2D eigenvalue weighted by Gasteiger charge is 2.23. The smallest absolute Gasteiger partial charge is 0.288 e. The average molecular weight is 316 g/mol. The standard InChI is InChI=1S/C13H20N2O3S2/c1-2-3-4-14-9-10-11(20-13(17)19-10)12(16)15-5-7-18-8-6-15/h14H,2-9H2,1H3. The summed E-state index contributed by atoms with van der Waals surface area (Å²) in [5.74, 6) is -0.0241. The average Bonchev–Trinajstić information content (AvgIpc) is 2.85. The Morgan fingerprint density at radius 2 is 2.10 bits per heavy atom. The predicted octanol–water partition coefficient (Wildman–Crippen LogP) is 1.53. The number of hydrogen-bond donors (Lipinski definition) is 1. The third-order valence-corrected chi connectivity index (χ3v) is 5.31. The van der Waals surface area contributed by atoms with Gasteiger partial charge in [-0.2, -0.15) is 0 Å². The fraction of sp³-hybridized carbons (Fsp3) is 0.692. The molecule has 1 aromatic rings. The van der Waals surface area contributed by atoms with Crippen LogP contribution in [-0.2, 0) is 11.3 Å². The molecule has 20 heavy (non-hydrogen) atoms. The molecule has 1 fully saturated rings. The maximum absolute atomic E-state index is 12.4. The topological polar surface area (TPSA) is 58.6 Å². The van der Waals surface area contributed by atoms with Crippen LogP contribution in [0.15, 0.2) is 4.79 Å². The monoisotopic (exact) mass is 316 g/mol. The zero-order chi connectivity index (χ0) is 14.4. The van der Waals surface area contributed by atoms with Gasteiger partial charge in [-0.05, 0) is 13.0 Å². The summed E-state index contributed by atoms with van der Waals surface area (Å²) in [6.45, 7) is 6.03. The van der Waals surface area contributed by atoms with Gasteiger partial charge in [-0.1, -0.05) is 36.0 Å².